The number of nitriles is 1. The first-order valence-electron chi connectivity index (χ1n) is 12.2. The summed E-state index contributed by atoms with van der Waals surface area (Å²) in [5.74, 6) is 0.438. The number of carbonyl (C=O) groups excluding carboxylic acids is 1. The molecule has 2 aromatic carbocycles. The highest BCUT2D eigenvalue weighted by Crippen LogP contribution is 2.35. The molecule has 1 N–H and O–H groups in total. The van der Waals surface area contributed by atoms with Crippen LogP contribution in [-0.2, 0) is 24.3 Å². The van der Waals surface area contributed by atoms with E-state index in [1.165, 1.54) is 11.8 Å². The molecule has 0 saturated carbocycles. The number of hydrogen-bond donors (Lipinski definition) is 1. The van der Waals surface area contributed by atoms with Gasteiger partial charge in [0, 0.05) is 25.2 Å². The SMILES string of the molecule is CCCn1c(NCc2ccccc2)c(/C=C2/SC(=S)N(CCc3ccccc3)C2=O)c(C)c(C#N)c1=O. The second-order valence-corrected chi connectivity index (χ2v) is 10.4. The molecular formula is C29H28N4O2S2. The van der Waals surface area contributed by atoms with Gasteiger partial charge in [0.15, 0.2) is 0 Å². The number of hydrogen-bond acceptors (Lipinski definition) is 6. The summed E-state index contributed by atoms with van der Waals surface area (Å²) in [6, 6.07) is 21.9. The molecule has 3 aromatic rings. The average Bonchev–Trinajstić information content (AvgIpc) is 3.18. The molecule has 1 amide bonds. The monoisotopic (exact) mass is 528 g/mol. The van der Waals surface area contributed by atoms with E-state index in [0.29, 0.717) is 52.2 Å². The molecule has 1 aliphatic rings. The highest BCUT2D eigenvalue weighted by atomic mass is 32.2. The number of pyridine rings is 1. The zero-order valence-corrected chi connectivity index (χ0v) is 22.5. The molecule has 0 aliphatic carbocycles. The van der Waals surface area contributed by atoms with Crippen LogP contribution in [0.15, 0.2) is 70.4 Å². The van der Waals surface area contributed by atoms with Crippen LogP contribution < -0.4 is 10.9 Å². The second-order valence-electron chi connectivity index (χ2n) is 8.74. The maximum atomic E-state index is 13.4. The van der Waals surface area contributed by atoms with E-state index >= 15 is 0 Å². The smallest absolute Gasteiger partial charge is 0.270 e. The van der Waals surface area contributed by atoms with Gasteiger partial charge in [0.05, 0.1) is 4.91 Å². The van der Waals surface area contributed by atoms with E-state index in [1.807, 2.05) is 67.6 Å². The predicted molar refractivity (Wildman–Crippen MR) is 154 cm³/mol. The minimum atomic E-state index is -0.329. The molecule has 8 heteroatoms. The topological polar surface area (TPSA) is 78.1 Å². The highest BCUT2D eigenvalue weighted by molar-refractivity contribution is 8.26. The van der Waals surface area contributed by atoms with Crippen LogP contribution in [0.2, 0.25) is 0 Å². The Labute approximate surface area is 226 Å². The van der Waals surface area contributed by atoms with E-state index in [2.05, 4.69) is 11.4 Å². The molecule has 37 heavy (non-hydrogen) atoms. The molecule has 2 heterocycles. The molecule has 0 unspecified atom stereocenters. The number of nitrogens with zero attached hydrogens (tertiary/aromatic N) is 3. The van der Waals surface area contributed by atoms with E-state index in [9.17, 15) is 14.9 Å². The summed E-state index contributed by atoms with van der Waals surface area (Å²) in [5.41, 5.74) is 3.15. The fourth-order valence-corrected chi connectivity index (χ4v) is 5.57. The van der Waals surface area contributed by atoms with Gasteiger partial charge >= 0.3 is 0 Å². The number of benzene rings is 2. The van der Waals surface area contributed by atoms with Crippen LogP contribution in [-0.4, -0.2) is 26.2 Å². The van der Waals surface area contributed by atoms with Gasteiger partial charge in [-0.15, -0.1) is 0 Å². The van der Waals surface area contributed by atoms with E-state index in [-0.39, 0.29) is 17.0 Å². The van der Waals surface area contributed by atoms with Crippen LogP contribution in [0.25, 0.3) is 6.08 Å². The van der Waals surface area contributed by atoms with E-state index in [0.717, 1.165) is 17.5 Å². The van der Waals surface area contributed by atoms with Crippen LogP contribution in [0.4, 0.5) is 5.82 Å². The standard InChI is InChI=1S/C29H28N4O2S2/c1-3-15-32-26(31-19-22-12-8-5-9-13-22)23(20(2)24(18-30)27(32)34)17-25-28(35)33(29(36)37-25)16-14-21-10-6-4-7-11-21/h4-13,17,31H,3,14-16,19H2,1-2H3/b25-17+. The molecule has 4 rings (SSSR count). The summed E-state index contributed by atoms with van der Waals surface area (Å²) in [7, 11) is 0. The fraction of sp³-hybridized carbons (Fsp3) is 0.241. The Morgan fingerprint density at radius 3 is 2.30 bits per heavy atom. The largest absolute Gasteiger partial charge is 0.367 e. The van der Waals surface area contributed by atoms with Crippen molar-refractivity contribution < 1.29 is 4.79 Å². The Balaban J connectivity index is 1.72. The van der Waals surface area contributed by atoms with Crippen LogP contribution in [0, 0.1) is 18.3 Å². The molecule has 0 radical (unpaired) electrons. The van der Waals surface area contributed by atoms with Crippen LogP contribution >= 0.6 is 24.0 Å². The zero-order valence-electron chi connectivity index (χ0n) is 20.9. The first kappa shape index (κ1) is 26.4. The van der Waals surface area contributed by atoms with Gasteiger partial charge in [0.1, 0.15) is 21.8 Å². The van der Waals surface area contributed by atoms with Crippen molar-refractivity contribution in [2.24, 2.45) is 0 Å². The van der Waals surface area contributed by atoms with E-state index in [1.54, 1.807) is 22.5 Å². The average molecular weight is 529 g/mol. The highest BCUT2D eigenvalue weighted by Gasteiger charge is 2.32. The van der Waals surface area contributed by atoms with Crippen LogP contribution in [0.5, 0.6) is 0 Å². The lowest BCUT2D eigenvalue weighted by atomic mass is 10.0. The molecule has 188 valence electrons. The number of nitrogens with one attached hydrogen (secondary N) is 1. The molecular weight excluding hydrogens is 500 g/mol. The molecule has 1 saturated heterocycles. The summed E-state index contributed by atoms with van der Waals surface area (Å²) in [4.78, 5) is 28.7. The third kappa shape index (κ3) is 5.85. The number of amides is 1. The number of thiocarbonyl (C=S) groups is 1. The van der Waals surface area contributed by atoms with Crippen molar-refractivity contribution in [1.82, 2.24) is 9.47 Å². The van der Waals surface area contributed by atoms with Gasteiger partial charge in [-0.25, -0.2) is 0 Å². The molecule has 0 spiro atoms. The lowest BCUT2D eigenvalue weighted by molar-refractivity contribution is -0.122. The Kier molecular flexibility index (Phi) is 8.59. The van der Waals surface area contributed by atoms with Crippen LogP contribution in [0.3, 0.4) is 0 Å². The quantitative estimate of drug-likeness (QED) is 0.292. The van der Waals surface area contributed by atoms with Gasteiger partial charge in [-0.3, -0.25) is 19.1 Å². The summed E-state index contributed by atoms with van der Waals surface area (Å²) in [6.07, 6.45) is 3.19. The van der Waals surface area contributed by atoms with Crippen molar-refractivity contribution in [3.05, 3.63) is 104 Å². The van der Waals surface area contributed by atoms with Gasteiger partial charge in [0.25, 0.3) is 11.5 Å². The first-order chi connectivity index (χ1) is 17.9. The van der Waals surface area contributed by atoms with Crippen molar-refractivity contribution in [3.8, 4) is 6.07 Å². The van der Waals surface area contributed by atoms with Gasteiger partial charge in [-0.05, 0) is 42.5 Å². The number of anilines is 1. The van der Waals surface area contributed by atoms with Gasteiger partial charge in [-0.2, -0.15) is 5.26 Å². The fourth-order valence-electron chi connectivity index (χ4n) is 4.28. The Hall–Kier alpha value is -3.67. The first-order valence-corrected chi connectivity index (χ1v) is 13.4. The summed E-state index contributed by atoms with van der Waals surface area (Å²) in [5, 5.41) is 13.2. The Bertz CT molecular complexity index is 1440. The van der Waals surface area contributed by atoms with Crippen molar-refractivity contribution in [3.63, 3.8) is 0 Å². The zero-order chi connectivity index (χ0) is 26.4. The van der Waals surface area contributed by atoms with Crippen molar-refractivity contribution >= 4 is 46.1 Å². The molecule has 1 fully saturated rings. The molecule has 1 aromatic heterocycles. The Morgan fingerprint density at radius 1 is 1.03 bits per heavy atom. The van der Waals surface area contributed by atoms with Gasteiger partial charge < -0.3 is 5.32 Å². The molecule has 1 aliphatic heterocycles. The van der Waals surface area contributed by atoms with Gasteiger partial charge in [-0.1, -0.05) is 91.6 Å². The van der Waals surface area contributed by atoms with E-state index < -0.39 is 0 Å². The van der Waals surface area contributed by atoms with Gasteiger partial charge in [0.2, 0.25) is 0 Å². The Morgan fingerprint density at radius 2 is 1.68 bits per heavy atom. The van der Waals surface area contributed by atoms with E-state index in [4.69, 9.17) is 12.2 Å². The molecule has 0 atom stereocenters. The summed E-state index contributed by atoms with van der Waals surface area (Å²) < 4.78 is 2.11. The number of carbonyl (C=O) groups is 1. The molecule has 6 nitrogen and oxygen atoms in total. The minimum absolute atomic E-state index is 0.0875. The number of rotatable bonds is 9. The lowest BCUT2D eigenvalue weighted by Gasteiger charge is -2.20. The number of thioether (sulfide) groups is 1. The van der Waals surface area contributed by atoms with Crippen LogP contribution in [0.1, 0.15) is 41.2 Å². The van der Waals surface area contributed by atoms with Crippen molar-refractivity contribution in [2.45, 2.75) is 39.8 Å². The normalized spacial score (nSPS) is 14.3. The van der Waals surface area contributed by atoms with Crippen molar-refractivity contribution in [2.75, 3.05) is 11.9 Å². The summed E-state index contributed by atoms with van der Waals surface area (Å²) >= 11 is 6.80. The predicted octanol–water partition coefficient (Wildman–Crippen LogP) is 5.49. The molecule has 0 bridgehead atoms. The lowest BCUT2D eigenvalue weighted by Crippen LogP contribution is -2.30. The summed E-state index contributed by atoms with van der Waals surface area (Å²) in [6.45, 7) is 5.17. The third-order valence-electron chi connectivity index (χ3n) is 6.24. The third-order valence-corrected chi connectivity index (χ3v) is 7.62. The maximum Gasteiger partial charge on any atom is 0.270 e. The second kappa shape index (κ2) is 12.0. The van der Waals surface area contributed by atoms with Crippen molar-refractivity contribution in [1.29, 1.82) is 5.26 Å². The maximum absolute atomic E-state index is 13.4. The minimum Gasteiger partial charge on any atom is -0.367 e. The number of aromatic nitrogens is 1.